The van der Waals surface area contributed by atoms with E-state index in [1.165, 1.54) is 0 Å². The Morgan fingerprint density at radius 1 is 1.04 bits per heavy atom. The van der Waals surface area contributed by atoms with E-state index < -0.39 is 9.84 Å². The third-order valence-corrected chi connectivity index (χ3v) is 6.44. The Kier molecular flexibility index (Phi) is 4.61. The molecule has 0 aliphatic carbocycles. The van der Waals surface area contributed by atoms with Gasteiger partial charge in [0.25, 0.3) is 0 Å². The Morgan fingerprint density at radius 2 is 1.73 bits per heavy atom. The van der Waals surface area contributed by atoms with E-state index in [4.69, 9.17) is 5.10 Å². The normalized spacial score (nSPS) is 18.8. The summed E-state index contributed by atoms with van der Waals surface area (Å²) in [5.74, 6) is 0.500. The summed E-state index contributed by atoms with van der Waals surface area (Å²) in [5, 5.41) is 8.18. The predicted molar refractivity (Wildman–Crippen MR) is 103 cm³/mol. The Morgan fingerprint density at radius 3 is 2.38 bits per heavy atom. The van der Waals surface area contributed by atoms with Crippen molar-refractivity contribution in [3.63, 3.8) is 0 Å². The molecule has 1 saturated heterocycles. The van der Waals surface area contributed by atoms with Crippen LogP contribution in [0.5, 0.6) is 0 Å². The van der Waals surface area contributed by atoms with E-state index in [1.54, 1.807) is 0 Å². The van der Waals surface area contributed by atoms with Crippen molar-refractivity contribution in [2.75, 3.05) is 11.5 Å². The molecule has 1 aliphatic rings. The molecule has 4 rings (SSSR count). The number of rotatable bonds is 5. The fourth-order valence-corrected chi connectivity index (χ4v) is 5.01. The standard InChI is InChI=1S/C20H21N3O2S/c24-26(25)12-11-18(15-26)21-13-17-14-23(19-9-5-2-6-10-19)22-20(17)16-7-3-1-4-8-16/h1-10,14,18,21H,11-13,15H2. The van der Waals surface area contributed by atoms with Crippen LogP contribution in [0.2, 0.25) is 0 Å². The number of hydrogen-bond donors (Lipinski definition) is 1. The van der Waals surface area contributed by atoms with Crippen LogP contribution in [0, 0.1) is 0 Å². The smallest absolute Gasteiger partial charge is 0.151 e. The van der Waals surface area contributed by atoms with Crippen LogP contribution < -0.4 is 5.32 Å². The van der Waals surface area contributed by atoms with Gasteiger partial charge in [-0.1, -0.05) is 48.5 Å². The highest BCUT2D eigenvalue weighted by Gasteiger charge is 2.27. The molecule has 0 saturated carbocycles. The van der Waals surface area contributed by atoms with Gasteiger partial charge in [0.2, 0.25) is 0 Å². The number of benzene rings is 2. The summed E-state index contributed by atoms with van der Waals surface area (Å²) >= 11 is 0. The first kappa shape index (κ1) is 17.0. The molecule has 3 aromatic rings. The lowest BCUT2D eigenvalue weighted by atomic mass is 10.1. The van der Waals surface area contributed by atoms with Gasteiger partial charge in [-0.25, -0.2) is 13.1 Å². The minimum Gasteiger partial charge on any atom is -0.309 e. The van der Waals surface area contributed by atoms with Gasteiger partial charge in [-0.2, -0.15) is 5.10 Å². The average molecular weight is 367 g/mol. The lowest BCUT2D eigenvalue weighted by molar-refractivity contribution is 0.554. The molecule has 0 spiro atoms. The Balaban J connectivity index is 1.63. The van der Waals surface area contributed by atoms with Crippen molar-refractivity contribution in [1.29, 1.82) is 0 Å². The van der Waals surface area contributed by atoms with Gasteiger partial charge in [0.15, 0.2) is 9.84 Å². The summed E-state index contributed by atoms with van der Waals surface area (Å²) in [6.45, 7) is 0.594. The molecule has 134 valence electrons. The van der Waals surface area contributed by atoms with Crippen molar-refractivity contribution in [3.05, 3.63) is 72.4 Å². The summed E-state index contributed by atoms with van der Waals surface area (Å²) in [6, 6.07) is 20.1. The quantitative estimate of drug-likeness (QED) is 0.753. The second-order valence-corrected chi connectivity index (χ2v) is 8.86. The van der Waals surface area contributed by atoms with Crippen molar-refractivity contribution in [3.8, 4) is 16.9 Å². The van der Waals surface area contributed by atoms with Gasteiger partial charge in [0.1, 0.15) is 0 Å². The summed E-state index contributed by atoms with van der Waals surface area (Å²) < 4.78 is 25.2. The largest absolute Gasteiger partial charge is 0.309 e. The van der Waals surface area contributed by atoms with Crippen LogP contribution in [-0.2, 0) is 16.4 Å². The molecule has 1 unspecified atom stereocenters. The molecule has 0 radical (unpaired) electrons. The summed E-state index contributed by atoms with van der Waals surface area (Å²) in [5.41, 5.74) is 4.03. The fraction of sp³-hybridized carbons (Fsp3) is 0.250. The van der Waals surface area contributed by atoms with Crippen LogP contribution in [0.25, 0.3) is 16.9 Å². The maximum atomic E-state index is 11.7. The first-order valence-corrected chi connectivity index (χ1v) is 10.6. The molecule has 2 heterocycles. The molecule has 1 aliphatic heterocycles. The second-order valence-electron chi connectivity index (χ2n) is 6.63. The van der Waals surface area contributed by atoms with Crippen molar-refractivity contribution in [2.45, 2.75) is 19.0 Å². The van der Waals surface area contributed by atoms with Crippen LogP contribution in [0.15, 0.2) is 66.9 Å². The van der Waals surface area contributed by atoms with E-state index in [0.29, 0.717) is 13.0 Å². The number of para-hydroxylation sites is 1. The topological polar surface area (TPSA) is 64.0 Å². The lowest BCUT2D eigenvalue weighted by Crippen LogP contribution is -2.29. The van der Waals surface area contributed by atoms with Crippen molar-refractivity contribution in [2.24, 2.45) is 0 Å². The van der Waals surface area contributed by atoms with Crippen molar-refractivity contribution >= 4 is 9.84 Å². The van der Waals surface area contributed by atoms with Gasteiger partial charge in [0, 0.05) is 29.9 Å². The molecule has 1 atom stereocenters. The maximum absolute atomic E-state index is 11.7. The highest BCUT2D eigenvalue weighted by Crippen LogP contribution is 2.24. The number of nitrogens with zero attached hydrogens (tertiary/aromatic N) is 2. The molecule has 0 bridgehead atoms. The van der Waals surface area contributed by atoms with E-state index in [1.807, 2.05) is 71.5 Å². The highest BCUT2D eigenvalue weighted by atomic mass is 32.2. The molecule has 2 aromatic carbocycles. The number of aromatic nitrogens is 2. The maximum Gasteiger partial charge on any atom is 0.151 e. The molecule has 1 aromatic heterocycles. The fourth-order valence-electron chi connectivity index (χ4n) is 3.30. The molecule has 1 fully saturated rings. The lowest BCUT2D eigenvalue weighted by Gasteiger charge is -2.10. The first-order valence-electron chi connectivity index (χ1n) is 8.74. The van der Waals surface area contributed by atoms with Gasteiger partial charge in [-0.05, 0) is 18.6 Å². The van der Waals surface area contributed by atoms with Gasteiger partial charge >= 0.3 is 0 Å². The molecule has 26 heavy (non-hydrogen) atoms. The highest BCUT2D eigenvalue weighted by molar-refractivity contribution is 7.91. The monoisotopic (exact) mass is 367 g/mol. The first-order chi connectivity index (χ1) is 12.6. The van der Waals surface area contributed by atoms with Crippen LogP contribution in [0.1, 0.15) is 12.0 Å². The Bertz CT molecular complexity index is 982. The van der Waals surface area contributed by atoms with Crippen molar-refractivity contribution < 1.29 is 8.42 Å². The molecule has 0 amide bonds. The van der Waals surface area contributed by atoms with E-state index in [9.17, 15) is 8.42 Å². The third kappa shape index (κ3) is 3.71. The SMILES string of the molecule is O=S1(=O)CCC(NCc2cn(-c3ccccc3)nc2-c2ccccc2)C1. The molecule has 6 heteroatoms. The van der Waals surface area contributed by atoms with Gasteiger partial charge in [-0.15, -0.1) is 0 Å². The minimum absolute atomic E-state index is 0.0173. The summed E-state index contributed by atoms with van der Waals surface area (Å²) in [4.78, 5) is 0. The predicted octanol–water partition coefficient (Wildman–Crippen LogP) is 2.82. The minimum atomic E-state index is -2.88. The van der Waals surface area contributed by atoms with Crippen molar-refractivity contribution in [1.82, 2.24) is 15.1 Å². The molecule has 1 N–H and O–H groups in total. The summed E-state index contributed by atoms with van der Waals surface area (Å²) in [7, 11) is -2.88. The van der Waals surface area contributed by atoms with Crippen LogP contribution in [0.3, 0.4) is 0 Å². The van der Waals surface area contributed by atoms with E-state index >= 15 is 0 Å². The van der Waals surface area contributed by atoms with Crippen LogP contribution in [0.4, 0.5) is 0 Å². The van der Waals surface area contributed by atoms with Crippen LogP contribution >= 0.6 is 0 Å². The number of hydrogen-bond acceptors (Lipinski definition) is 4. The molecule has 5 nitrogen and oxygen atoms in total. The second kappa shape index (κ2) is 7.05. The Hall–Kier alpha value is -2.44. The zero-order valence-corrected chi connectivity index (χ0v) is 15.2. The number of nitrogens with one attached hydrogen (secondary N) is 1. The average Bonchev–Trinajstić information content (AvgIpc) is 3.24. The van der Waals surface area contributed by atoms with Gasteiger partial charge < -0.3 is 5.32 Å². The van der Waals surface area contributed by atoms with E-state index in [-0.39, 0.29) is 17.5 Å². The zero-order valence-electron chi connectivity index (χ0n) is 14.4. The number of sulfone groups is 1. The van der Waals surface area contributed by atoms with Gasteiger partial charge in [-0.3, -0.25) is 0 Å². The third-order valence-electron chi connectivity index (χ3n) is 4.67. The Labute approximate surface area is 153 Å². The molecular formula is C20H21N3O2S. The molecular weight excluding hydrogens is 346 g/mol. The van der Waals surface area contributed by atoms with Crippen LogP contribution in [-0.4, -0.2) is 35.7 Å². The van der Waals surface area contributed by atoms with E-state index in [0.717, 1.165) is 22.5 Å². The zero-order chi connectivity index (χ0) is 18.0. The summed E-state index contributed by atoms with van der Waals surface area (Å²) in [6.07, 6.45) is 2.70. The van der Waals surface area contributed by atoms with E-state index in [2.05, 4.69) is 5.32 Å². The van der Waals surface area contributed by atoms with Gasteiger partial charge in [0.05, 0.1) is 22.9 Å².